The lowest BCUT2D eigenvalue weighted by Crippen LogP contribution is -2.45. The number of carbonyl (C=O) groups excluding carboxylic acids is 2. The van der Waals surface area contributed by atoms with Crippen molar-refractivity contribution in [2.45, 2.75) is 32.9 Å². The lowest BCUT2D eigenvalue weighted by atomic mass is 10.0. The fourth-order valence-corrected chi connectivity index (χ4v) is 3.63. The maximum absolute atomic E-state index is 13.4. The van der Waals surface area contributed by atoms with Crippen molar-refractivity contribution < 1.29 is 18.7 Å². The van der Waals surface area contributed by atoms with Crippen LogP contribution in [0.3, 0.4) is 0 Å². The number of nitrogens with zero attached hydrogens (tertiary/aromatic N) is 2. The first kappa shape index (κ1) is 22.5. The molecule has 0 N–H and O–H groups in total. The second-order valence-electron chi connectivity index (χ2n) is 8.17. The van der Waals surface area contributed by atoms with Crippen LogP contribution in [0.25, 0.3) is 0 Å². The monoisotopic (exact) mass is 424 g/mol. The number of halogens is 1. The number of ether oxygens (including phenoxy) is 1. The molecule has 0 aromatic heterocycles. The molecule has 0 saturated heterocycles. The normalized spacial score (nSPS) is 18.0. The zero-order valence-corrected chi connectivity index (χ0v) is 18.3. The highest BCUT2D eigenvalue weighted by atomic mass is 19.1. The van der Waals surface area contributed by atoms with Gasteiger partial charge in [-0.15, -0.1) is 0 Å². The van der Waals surface area contributed by atoms with Crippen molar-refractivity contribution in [3.63, 3.8) is 0 Å². The molecule has 0 fully saturated rings. The van der Waals surface area contributed by atoms with Gasteiger partial charge in [0.1, 0.15) is 18.1 Å². The van der Waals surface area contributed by atoms with E-state index in [1.807, 2.05) is 50.3 Å². The van der Waals surface area contributed by atoms with Crippen molar-refractivity contribution in [3.8, 4) is 5.75 Å². The highest BCUT2D eigenvalue weighted by Crippen LogP contribution is 2.28. The lowest BCUT2D eigenvalue weighted by Gasteiger charge is -2.35. The van der Waals surface area contributed by atoms with Gasteiger partial charge in [-0.25, -0.2) is 4.39 Å². The van der Waals surface area contributed by atoms with Crippen LogP contribution in [-0.2, 0) is 16.1 Å². The number of benzene rings is 2. The summed E-state index contributed by atoms with van der Waals surface area (Å²) in [5.41, 5.74) is 1.76. The summed E-state index contributed by atoms with van der Waals surface area (Å²) in [4.78, 5) is 29.3. The molecule has 1 aliphatic rings. The molecule has 1 unspecified atom stereocenters. The third kappa shape index (κ3) is 5.94. The molecule has 3 rings (SSSR count). The van der Waals surface area contributed by atoms with Crippen LogP contribution in [0.4, 0.5) is 4.39 Å². The van der Waals surface area contributed by atoms with E-state index < -0.39 is 0 Å². The third-order valence-corrected chi connectivity index (χ3v) is 5.29. The Morgan fingerprint density at radius 2 is 1.81 bits per heavy atom. The summed E-state index contributed by atoms with van der Waals surface area (Å²) in [6, 6.07) is 13.4. The summed E-state index contributed by atoms with van der Waals surface area (Å²) in [7, 11) is 1.61. The molecule has 1 heterocycles. The minimum absolute atomic E-state index is 0.0176. The molecule has 0 radical (unpaired) electrons. The number of hydrogen-bond donors (Lipinski definition) is 0. The van der Waals surface area contributed by atoms with E-state index >= 15 is 0 Å². The van der Waals surface area contributed by atoms with Crippen LogP contribution in [-0.4, -0.2) is 41.8 Å². The number of carbonyl (C=O) groups is 2. The van der Waals surface area contributed by atoms with E-state index in [2.05, 4.69) is 0 Å². The Kier molecular flexibility index (Phi) is 7.45. The Hall–Kier alpha value is -3.15. The van der Waals surface area contributed by atoms with Gasteiger partial charge in [0, 0.05) is 19.5 Å². The summed E-state index contributed by atoms with van der Waals surface area (Å²) < 4.78 is 18.6. The first-order valence-electron chi connectivity index (χ1n) is 10.5. The lowest BCUT2D eigenvalue weighted by molar-refractivity contribution is -0.142. The van der Waals surface area contributed by atoms with E-state index in [0.717, 1.165) is 16.9 Å². The van der Waals surface area contributed by atoms with Gasteiger partial charge < -0.3 is 14.5 Å². The maximum atomic E-state index is 13.4. The SMILES string of the molecule is COc1ccc(C2/C=C\CN(C(=O)CC(C)C)CC(=O)N2Cc2ccc(F)cc2)cc1. The average molecular weight is 425 g/mol. The topological polar surface area (TPSA) is 49.9 Å². The second-order valence-corrected chi connectivity index (χ2v) is 8.17. The molecule has 2 aromatic rings. The molecule has 164 valence electrons. The maximum Gasteiger partial charge on any atom is 0.243 e. The van der Waals surface area contributed by atoms with Gasteiger partial charge in [0.2, 0.25) is 11.8 Å². The number of methoxy groups -OCH3 is 1. The predicted molar refractivity (Wildman–Crippen MR) is 118 cm³/mol. The molecule has 0 aliphatic carbocycles. The first-order valence-corrected chi connectivity index (χ1v) is 10.5. The van der Waals surface area contributed by atoms with Crippen LogP contribution in [0.1, 0.15) is 37.4 Å². The van der Waals surface area contributed by atoms with E-state index in [1.54, 1.807) is 29.0 Å². The highest BCUT2D eigenvalue weighted by molar-refractivity contribution is 5.85. The number of rotatable bonds is 6. The van der Waals surface area contributed by atoms with E-state index in [9.17, 15) is 14.0 Å². The van der Waals surface area contributed by atoms with Crippen LogP contribution in [0.2, 0.25) is 0 Å². The first-order chi connectivity index (χ1) is 14.9. The molecule has 1 aliphatic heterocycles. The van der Waals surface area contributed by atoms with E-state index in [4.69, 9.17) is 4.74 Å². The Morgan fingerprint density at radius 1 is 1.13 bits per heavy atom. The van der Waals surface area contributed by atoms with Crippen molar-refractivity contribution in [1.82, 2.24) is 9.80 Å². The Labute approximate surface area is 183 Å². The van der Waals surface area contributed by atoms with Gasteiger partial charge in [0.15, 0.2) is 0 Å². The molecule has 0 saturated carbocycles. The highest BCUT2D eigenvalue weighted by Gasteiger charge is 2.28. The molecular formula is C25H29FN2O3. The van der Waals surface area contributed by atoms with Crippen LogP contribution in [0.5, 0.6) is 5.75 Å². The molecule has 31 heavy (non-hydrogen) atoms. The summed E-state index contributed by atoms with van der Waals surface area (Å²) in [5.74, 6) is 0.462. The van der Waals surface area contributed by atoms with Gasteiger partial charge >= 0.3 is 0 Å². The largest absolute Gasteiger partial charge is 0.497 e. The quantitative estimate of drug-likeness (QED) is 0.648. The van der Waals surface area contributed by atoms with Gasteiger partial charge in [-0.1, -0.05) is 50.3 Å². The van der Waals surface area contributed by atoms with E-state index in [1.165, 1.54) is 12.1 Å². The third-order valence-electron chi connectivity index (χ3n) is 5.29. The van der Waals surface area contributed by atoms with Crippen LogP contribution < -0.4 is 4.74 Å². The van der Waals surface area contributed by atoms with Gasteiger partial charge in [-0.05, 0) is 41.3 Å². The summed E-state index contributed by atoms with van der Waals surface area (Å²) in [5, 5.41) is 0. The average Bonchev–Trinajstić information content (AvgIpc) is 2.74. The molecule has 0 bridgehead atoms. The molecule has 6 heteroatoms. The van der Waals surface area contributed by atoms with Crippen molar-refractivity contribution in [2.24, 2.45) is 5.92 Å². The Morgan fingerprint density at radius 3 is 2.42 bits per heavy atom. The van der Waals surface area contributed by atoms with Crippen molar-refractivity contribution in [1.29, 1.82) is 0 Å². The summed E-state index contributed by atoms with van der Waals surface area (Å²) in [6.07, 6.45) is 4.30. The Balaban J connectivity index is 1.92. The van der Waals surface area contributed by atoms with Crippen LogP contribution in [0, 0.1) is 11.7 Å². The van der Waals surface area contributed by atoms with Crippen LogP contribution in [0.15, 0.2) is 60.7 Å². The van der Waals surface area contributed by atoms with Crippen molar-refractivity contribution >= 4 is 11.8 Å². The summed E-state index contributed by atoms with van der Waals surface area (Å²) >= 11 is 0. The second kappa shape index (κ2) is 10.2. The van der Waals surface area contributed by atoms with Gasteiger partial charge in [0.05, 0.1) is 13.2 Å². The molecule has 5 nitrogen and oxygen atoms in total. The molecule has 0 spiro atoms. The smallest absolute Gasteiger partial charge is 0.243 e. The predicted octanol–water partition coefficient (Wildman–Crippen LogP) is 4.35. The molecular weight excluding hydrogens is 395 g/mol. The Bertz CT molecular complexity index is 923. The van der Waals surface area contributed by atoms with Crippen molar-refractivity contribution in [3.05, 3.63) is 77.6 Å². The number of hydrogen-bond acceptors (Lipinski definition) is 3. The zero-order valence-electron chi connectivity index (χ0n) is 18.3. The van der Waals surface area contributed by atoms with Gasteiger partial charge in [-0.3, -0.25) is 9.59 Å². The molecule has 2 aromatic carbocycles. The fraction of sp³-hybridized carbons (Fsp3) is 0.360. The standard InChI is InChI=1S/C25H29FN2O3/c1-18(2)15-24(29)27-14-4-5-23(20-8-12-22(31-3)13-9-20)28(25(30)17-27)16-19-6-10-21(26)11-7-19/h4-13,18,23H,14-17H2,1-3H3/b5-4-. The van der Waals surface area contributed by atoms with Crippen LogP contribution >= 0.6 is 0 Å². The molecule has 2 amide bonds. The zero-order chi connectivity index (χ0) is 22.4. The van der Waals surface area contributed by atoms with Gasteiger partial charge in [0.25, 0.3) is 0 Å². The van der Waals surface area contributed by atoms with E-state index in [-0.39, 0.29) is 36.1 Å². The summed E-state index contributed by atoms with van der Waals surface area (Å²) in [6.45, 7) is 4.70. The minimum atomic E-state index is -0.320. The van der Waals surface area contributed by atoms with Gasteiger partial charge in [-0.2, -0.15) is 0 Å². The molecule has 1 atom stereocenters. The van der Waals surface area contributed by atoms with Crippen molar-refractivity contribution in [2.75, 3.05) is 20.2 Å². The number of amides is 2. The fourth-order valence-electron chi connectivity index (χ4n) is 3.63. The van der Waals surface area contributed by atoms with E-state index in [0.29, 0.717) is 19.5 Å². The minimum Gasteiger partial charge on any atom is -0.497 e.